The van der Waals surface area contributed by atoms with Crippen LogP contribution >= 0.6 is 0 Å². The van der Waals surface area contributed by atoms with Crippen molar-refractivity contribution in [2.45, 2.75) is 25.4 Å². The molecule has 3 N–H and O–H groups in total. The number of rotatable bonds is 5. The number of hydrogen-bond acceptors (Lipinski definition) is 4. The van der Waals surface area contributed by atoms with Crippen molar-refractivity contribution in [1.29, 1.82) is 0 Å². The monoisotopic (exact) mass is 406 g/mol. The van der Waals surface area contributed by atoms with E-state index in [0.29, 0.717) is 0 Å². The number of amides is 1. The van der Waals surface area contributed by atoms with Crippen LogP contribution in [0, 0.1) is 41.3 Å². The van der Waals surface area contributed by atoms with E-state index in [4.69, 9.17) is 5.73 Å². The maximum atomic E-state index is 11.6. The average molecular weight is 406 g/mol. The zero-order valence-corrected chi connectivity index (χ0v) is 15.1. The molecule has 0 aliphatic rings. The zero-order valence-electron chi connectivity index (χ0n) is 11.4. The second kappa shape index (κ2) is 9.26. The minimum Gasteiger partial charge on any atom is -0.667 e. The Bertz CT molecular complexity index is 448. The van der Waals surface area contributed by atoms with Crippen LogP contribution in [0.4, 0.5) is 0 Å². The molecule has 7 heteroatoms. The van der Waals surface area contributed by atoms with E-state index in [1.54, 1.807) is 12.1 Å². The van der Waals surface area contributed by atoms with Gasteiger partial charge in [0.1, 0.15) is 11.8 Å². The Morgan fingerprint density at radius 1 is 1.35 bits per heavy atom. The second-order valence-electron chi connectivity index (χ2n) is 4.18. The van der Waals surface area contributed by atoms with E-state index in [1.807, 2.05) is 0 Å². The summed E-state index contributed by atoms with van der Waals surface area (Å²) < 4.78 is 4.62. The van der Waals surface area contributed by atoms with Crippen LogP contribution in [-0.4, -0.2) is 36.2 Å². The molecule has 0 aliphatic heterocycles. The number of methoxy groups -OCH3 is 1. The van der Waals surface area contributed by atoms with E-state index in [2.05, 4.69) is 10.1 Å². The van der Waals surface area contributed by atoms with E-state index < -0.39 is 24.0 Å². The van der Waals surface area contributed by atoms with Crippen LogP contribution in [0.1, 0.15) is 12.5 Å². The quantitative estimate of drug-likeness (QED) is 0.714. The number of phenolic OH excluding ortho intramolecular Hbond substituents is 1. The summed E-state index contributed by atoms with van der Waals surface area (Å²) in [6.07, 6.45) is 0.241. The van der Waals surface area contributed by atoms with Gasteiger partial charge in [-0.3, -0.25) is 4.79 Å². The van der Waals surface area contributed by atoms with Crippen molar-refractivity contribution >= 4 is 11.9 Å². The van der Waals surface area contributed by atoms with Gasteiger partial charge >= 0.3 is 5.97 Å². The third kappa shape index (κ3) is 6.16. The molecule has 0 aromatic heterocycles. The molecule has 1 rings (SSSR count). The zero-order chi connectivity index (χ0) is 14.4. The molecule has 0 heterocycles. The molecule has 1 aromatic carbocycles. The van der Waals surface area contributed by atoms with E-state index >= 15 is 0 Å². The fraction of sp³-hybridized carbons (Fsp3) is 0.385. The molecule has 0 aliphatic carbocycles. The molecule has 2 unspecified atom stereocenters. The van der Waals surface area contributed by atoms with Gasteiger partial charge in [0.05, 0.1) is 7.11 Å². The number of esters is 1. The molecule has 1 aromatic rings. The molecule has 6 nitrogen and oxygen atoms in total. The van der Waals surface area contributed by atoms with Gasteiger partial charge in [0.2, 0.25) is 5.91 Å². The van der Waals surface area contributed by atoms with Gasteiger partial charge in [0.15, 0.2) is 0 Å². The Hall–Kier alpha value is -0.716. The molecule has 20 heavy (non-hydrogen) atoms. The van der Waals surface area contributed by atoms with E-state index in [1.165, 1.54) is 26.2 Å². The van der Waals surface area contributed by atoms with Crippen molar-refractivity contribution in [3.8, 4) is 5.75 Å². The van der Waals surface area contributed by atoms with Crippen LogP contribution in [0.15, 0.2) is 24.3 Å². The van der Waals surface area contributed by atoms with Crippen LogP contribution in [0.2, 0.25) is 0 Å². The smallest absolute Gasteiger partial charge is 0.328 e. The van der Waals surface area contributed by atoms with Crippen LogP contribution in [0.25, 0.3) is 5.73 Å². The molecule has 0 saturated carbocycles. The van der Waals surface area contributed by atoms with Gasteiger partial charge in [0, 0.05) is 47.7 Å². The van der Waals surface area contributed by atoms with Crippen molar-refractivity contribution in [3.63, 3.8) is 0 Å². The van der Waals surface area contributed by atoms with Gasteiger partial charge in [-0.2, -0.15) is 0 Å². The van der Waals surface area contributed by atoms with Crippen molar-refractivity contribution in [1.82, 2.24) is 5.32 Å². The molecule has 1 radical (unpaired) electrons. The minimum atomic E-state index is -0.952. The van der Waals surface area contributed by atoms with Crippen LogP contribution in [0.3, 0.4) is 0 Å². The van der Waals surface area contributed by atoms with Gasteiger partial charge in [0.25, 0.3) is 0 Å². The van der Waals surface area contributed by atoms with E-state index in [0.717, 1.165) is 5.56 Å². The molecule has 2 atom stereocenters. The third-order valence-corrected chi connectivity index (χ3v) is 2.57. The molecule has 107 valence electrons. The van der Waals surface area contributed by atoms with E-state index in [-0.39, 0.29) is 53.5 Å². The maximum Gasteiger partial charge on any atom is 0.328 e. The first-order valence-electron chi connectivity index (χ1n) is 5.81. The van der Waals surface area contributed by atoms with Gasteiger partial charge < -0.3 is 20.9 Å². The van der Waals surface area contributed by atoms with Gasteiger partial charge in [-0.15, -0.1) is 0 Å². The summed E-state index contributed by atoms with van der Waals surface area (Å²) >= 11 is 0. The SMILES string of the molecule is COC(=O)C(Cc1ccc(O)cc1)NC(=O)C(C)[NH-].[Pr]. The number of carbonyl (C=O) groups is 2. The summed E-state index contributed by atoms with van der Waals surface area (Å²) in [5.74, 6) is -0.974. The molecule has 0 fully saturated rings. The van der Waals surface area contributed by atoms with E-state index in [9.17, 15) is 14.7 Å². The first kappa shape index (κ1) is 19.3. The van der Waals surface area contributed by atoms with Crippen molar-refractivity contribution in [2.24, 2.45) is 0 Å². The average Bonchev–Trinajstić information content (AvgIpc) is 2.39. The van der Waals surface area contributed by atoms with Crippen LogP contribution in [0.5, 0.6) is 5.75 Å². The number of nitrogens with one attached hydrogen (secondary N) is 2. The maximum absolute atomic E-state index is 11.6. The summed E-state index contributed by atoms with van der Waals surface area (Å²) in [4.78, 5) is 23.1. The molecule has 0 spiro atoms. The Morgan fingerprint density at radius 2 is 1.90 bits per heavy atom. The Balaban J connectivity index is 0.00000361. The summed E-state index contributed by atoms with van der Waals surface area (Å²) in [5, 5.41) is 11.6. The Kier molecular flexibility index (Phi) is 8.93. The normalized spacial score (nSPS) is 12.8. The summed E-state index contributed by atoms with van der Waals surface area (Å²) in [6, 6.07) is 4.52. The standard InChI is InChI=1S/C13H17N2O4.Pr/c1-8(14)12(17)15-11(13(18)19-2)7-9-3-5-10(16)6-4-9;/h3-6,8,11,14,16H,7H2,1-2H3,(H,15,17);/q-1;. The van der Waals surface area contributed by atoms with Crippen molar-refractivity contribution in [3.05, 3.63) is 35.6 Å². The first-order chi connectivity index (χ1) is 8.93. The van der Waals surface area contributed by atoms with Crippen LogP contribution in [-0.2, 0) is 20.7 Å². The van der Waals surface area contributed by atoms with Gasteiger partial charge in [-0.1, -0.05) is 25.1 Å². The summed E-state index contributed by atoms with van der Waals surface area (Å²) in [5.41, 5.74) is 8.06. The summed E-state index contributed by atoms with van der Waals surface area (Å²) in [7, 11) is 1.24. The number of carbonyl (C=O) groups excluding carboxylic acids is 2. The third-order valence-electron chi connectivity index (χ3n) is 2.57. The fourth-order valence-electron chi connectivity index (χ4n) is 1.50. The Morgan fingerprint density at radius 3 is 2.35 bits per heavy atom. The second-order valence-corrected chi connectivity index (χ2v) is 4.18. The van der Waals surface area contributed by atoms with Crippen molar-refractivity contribution < 1.29 is 60.7 Å². The predicted octanol–water partition coefficient (Wildman–Crippen LogP) is 1.03. The molecule has 0 bridgehead atoms. The van der Waals surface area contributed by atoms with Gasteiger partial charge in [-0.25, -0.2) is 4.79 Å². The summed E-state index contributed by atoms with van der Waals surface area (Å²) in [6.45, 7) is 1.42. The van der Waals surface area contributed by atoms with Gasteiger partial charge in [-0.05, 0) is 17.7 Å². The number of ether oxygens (including phenoxy) is 1. The number of phenols is 1. The largest absolute Gasteiger partial charge is 0.667 e. The first-order valence-corrected chi connectivity index (χ1v) is 5.81. The fourth-order valence-corrected chi connectivity index (χ4v) is 1.50. The molecule has 1 amide bonds. The Labute approximate surface area is 151 Å². The molecular weight excluding hydrogens is 389 g/mol. The minimum absolute atomic E-state index is 0. The molecule has 0 saturated heterocycles. The topological polar surface area (TPSA) is 99.4 Å². The number of aromatic hydroxyl groups is 1. The number of benzene rings is 1. The molecular formula is C13H17N2O4Pr-. The predicted molar refractivity (Wildman–Crippen MR) is 69.5 cm³/mol. The van der Waals surface area contributed by atoms with Crippen LogP contribution < -0.4 is 5.32 Å². The number of hydrogen-bond donors (Lipinski definition) is 2. The van der Waals surface area contributed by atoms with Crippen molar-refractivity contribution in [2.75, 3.05) is 7.11 Å².